The molecule has 2 amide bonds. The zero-order valence-corrected chi connectivity index (χ0v) is 21.1. The van der Waals surface area contributed by atoms with Crippen LogP contribution in [-0.4, -0.2) is 167 Å². The summed E-state index contributed by atoms with van der Waals surface area (Å²) in [4.78, 5) is 67.3. The molecule has 0 aromatic rings. The Hall–Kier alpha value is -2.85. The third-order valence-electron chi connectivity index (χ3n) is 6.82. The van der Waals surface area contributed by atoms with Crippen LogP contribution < -0.4 is 11.5 Å². The number of carboxylic acid groups (broad SMARTS) is 3. The molecule has 0 bridgehead atoms. The van der Waals surface area contributed by atoms with Crippen molar-refractivity contribution < 1.29 is 39.3 Å². The Morgan fingerprint density at radius 3 is 1.27 bits per heavy atom. The third kappa shape index (κ3) is 10.6. The van der Waals surface area contributed by atoms with Crippen molar-refractivity contribution in [3.05, 3.63) is 0 Å². The summed E-state index contributed by atoms with van der Waals surface area (Å²) in [6.45, 7) is 2.87. The largest absolute Gasteiger partial charge is 0.480 e. The predicted octanol–water partition coefficient (Wildman–Crippen LogP) is -3.73. The molecule has 0 radical (unpaired) electrons. The van der Waals surface area contributed by atoms with Gasteiger partial charge in [-0.1, -0.05) is 0 Å². The number of carboxylic acids is 3. The van der Waals surface area contributed by atoms with Gasteiger partial charge in [0.15, 0.2) is 0 Å². The Morgan fingerprint density at radius 1 is 0.595 bits per heavy atom. The molecule has 2 fully saturated rings. The summed E-state index contributed by atoms with van der Waals surface area (Å²) in [7, 11) is 0. The van der Waals surface area contributed by atoms with E-state index in [1.807, 2.05) is 4.90 Å². The monoisotopic (exact) mass is 529 g/mol. The fourth-order valence-corrected chi connectivity index (χ4v) is 4.47. The van der Waals surface area contributed by atoms with E-state index in [0.29, 0.717) is 52.4 Å². The highest BCUT2D eigenvalue weighted by Gasteiger charge is 2.39. The molecule has 15 nitrogen and oxygen atoms in total. The molecule has 0 aliphatic carbocycles. The van der Waals surface area contributed by atoms with Gasteiger partial charge < -0.3 is 31.7 Å². The van der Waals surface area contributed by atoms with Gasteiger partial charge in [0.05, 0.1) is 26.2 Å². The van der Waals surface area contributed by atoms with E-state index in [4.69, 9.17) is 11.5 Å². The van der Waals surface area contributed by atoms with Crippen LogP contribution in [-0.2, 0) is 24.0 Å². The van der Waals surface area contributed by atoms with Gasteiger partial charge in [-0.25, -0.2) is 0 Å². The Bertz CT molecular complexity index is 802. The van der Waals surface area contributed by atoms with Crippen molar-refractivity contribution >= 4 is 29.7 Å². The first-order chi connectivity index (χ1) is 17.4. The van der Waals surface area contributed by atoms with E-state index in [-0.39, 0.29) is 58.0 Å². The molecule has 0 saturated carbocycles. The lowest BCUT2D eigenvalue weighted by molar-refractivity contribution is -0.147. The molecule has 210 valence electrons. The normalized spacial score (nSPS) is 21.5. The van der Waals surface area contributed by atoms with E-state index < -0.39 is 29.4 Å². The van der Waals surface area contributed by atoms with E-state index in [1.165, 1.54) is 0 Å². The van der Waals surface area contributed by atoms with Crippen molar-refractivity contribution in [3.8, 4) is 0 Å². The molecule has 0 atom stereocenters. The number of aliphatic carboxylic acids is 3. The average molecular weight is 530 g/mol. The van der Waals surface area contributed by atoms with Gasteiger partial charge in [0.1, 0.15) is 5.54 Å². The Labute approximate surface area is 215 Å². The number of nitrogens with two attached hydrogens (primary N) is 2. The maximum absolute atomic E-state index is 13.0. The second kappa shape index (κ2) is 14.2. The molecule has 2 rings (SSSR count). The first-order valence-corrected chi connectivity index (χ1v) is 12.3. The number of primary amides is 1. The van der Waals surface area contributed by atoms with Crippen LogP contribution in [0.25, 0.3) is 0 Å². The zero-order chi connectivity index (χ0) is 27.6. The van der Waals surface area contributed by atoms with E-state index in [1.54, 1.807) is 19.6 Å². The van der Waals surface area contributed by atoms with Gasteiger partial charge in [0.25, 0.3) is 0 Å². The lowest BCUT2D eigenvalue weighted by Crippen LogP contribution is -2.57. The van der Waals surface area contributed by atoms with Gasteiger partial charge in [0.2, 0.25) is 11.8 Å². The lowest BCUT2D eigenvalue weighted by Gasteiger charge is -2.37. The average Bonchev–Trinajstić information content (AvgIpc) is 2.80. The SMILES string of the molecule is NC(=O)CN1CCN(CC(=O)O)CCN(CC(=O)N2CCC(N)(C(=O)O)CC2)CCN(CC(=O)O)CC1. The number of carbonyl (C=O) groups excluding carboxylic acids is 2. The molecule has 2 saturated heterocycles. The molecule has 37 heavy (non-hydrogen) atoms. The molecule has 0 aromatic heterocycles. The number of likely N-dealkylation sites (tertiary alicyclic amines) is 1. The second-order valence-corrected chi connectivity index (χ2v) is 9.70. The number of amides is 2. The molecule has 15 heteroatoms. The highest BCUT2D eigenvalue weighted by atomic mass is 16.4. The molecular formula is C22H39N7O8. The molecule has 7 N–H and O–H groups in total. The van der Waals surface area contributed by atoms with Crippen molar-refractivity contribution in [2.24, 2.45) is 11.5 Å². The van der Waals surface area contributed by atoms with Crippen LogP contribution in [0, 0.1) is 0 Å². The van der Waals surface area contributed by atoms with Gasteiger partial charge in [-0.15, -0.1) is 0 Å². The summed E-state index contributed by atoms with van der Waals surface area (Å²) in [6, 6.07) is 0. The van der Waals surface area contributed by atoms with E-state index >= 15 is 0 Å². The highest BCUT2D eigenvalue weighted by Crippen LogP contribution is 2.20. The van der Waals surface area contributed by atoms with Crippen molar-refractivity contribution in [1.82, 2.24) is 24.5 Å². The van der Waals surface area contributed by atoms with E-state index in [0.717, 1.165) is 0 Å². The minimum atomic E-state index is -1.35. The topological polar surface area (TPSA) is 214 Å². The molecule has 2 aliphatic heterocycles. The molecule has 0 unspecified atom stereocenters. The molecule has 0 aromatic carbocycles. The summed E-state index contributed by atoms with van der Waals surface area (Å²) in [5, 5.41) is 28.0. The van der Waals surface area contributed by atoms with Crippen LogP contribution in [0.2, 0.25) is 0 Å². The summed E-state index contributed by atoms with van der Waals surface area (Å²) in [5.74, 6) is -3.81. The summed E-state index contributed by atoms with van der Waals surface area (Å²) in [5.41, 5.74) is 9.91. The van der Waals surface area contributed by atoms with Gasteiger partial charge in [-0.3, -0.25) is 43.6 Å². The minimum Gasteiger partial charge on any atom is -0.480 e. The highest BCUT2D eigenvalue weighted by molar-refractivity contribution is 5.81. The van der Waals surface area contributed by atoms with Crippen LogP contribution in [0.4, 0.5) is 0 Å². The standard InChI is InChI=1S/C22H39N7O8/c23-17(30)13-25-5-9-27(15-19(32)33)11-7-26(8-12-28(10-6-25)16-20(34)35)14-18(31)29-3-1-22(24,2-4-29)21(36)37/h1-16,24H2,(H2,23,30)(H,32,33)(H,34,35)(H,36,37). The number of hydrogen-bond donors (Lipinski definition) is 5. The maximum Gasteiger partial charge on any atom is 0.323 e. The molecule has 2 heterocycles. The third-order valence-corrected chi connectivity index (χ3v) is 6.82. The quantitative estimate of drug-likeness (QED) is 0.194. The lowest BCUT2D eigenvalue weighted by atomic mass is 9.89. The summed E-state index contributed by atoms with van der Waals surface area (Å²) < 4.78 is 0. The number of hydrogen-bond acceptors (Lipinski definition) is 10. The first kappa shape index (κ1) is 30.4. The smallest absolute Gasteiger partial charge is 0.323 e. The molecular weight excluding hydrogens is 490 g/mol. The summed E-state index contributed by atoms with van der Waals surface area (Å²) in [6.07, 6.45) is 0.295. The fourth-order valence-electron chi connectivity index (χ4n) is 4.47. The van der Waals surface area contributed by atoms with Gasteiger partial charge in [0, 0.05) is 65.4 Å². The zero-order valence-electron chi connectivity index (χ0n) is 21.1. The first-order valence-electron chi connectivity index (χ1n) is 12.3. The Kier molecular flexibility index (Phi) is 11.6. The molecule has 0 spiro atoms. The number of nitrogens with zero attached hydrogens (tertiary/aromatic N) is 5. The number of rotatable bonds is 9. The van der Waals surface area contributed by atoms with Crippen LogP contribution in [0.15, 0.2) is 0 Å². The maximum atomic E-state index is 13.0. The van der Waals surface area contributed by atoms with Crippen LogP contribution in [0.1, 0.15) is 12.8 Å². The van der Waals surface area contributed by atoms with Crippen molar-refractivity contribution in [2.75, 3.05) is 91.6 Å². The number of carbonyl (C=O) groups is 5. The van der Waals surface area contributed by atoms with Gasteiger partial charge in [-0.2, -0.15) is 0 Å². The predicted molar refractivity (Wildman–Crippen MR) is 131 cm³/mol. The van der Waals surface area contributed by atoms with E-state index in [9.17, 15) is 39.3 Å². The van der Waals surface area contributed by atoms with Crippen LogP contribution in [0.3, 0.4) is 0 Å². The fraction of sp³-hybridized carbons (Fsp3) is 0.773. The van der Waals surface area contributed by atoms with Gasteiger partial charge in [-0.05, 0) is 12.8 Å². The Balaban J connectivity index is 2.10. The van der Waals surface area contributed by atoms with Crippen LogP contribution in [0.5, 0.6) is 0 Å². The van der Waals surface area contributed by atoms with Crippen molar-refractivity contribution in [1.29, 1.82) is 0 Å². The Morgan fingerprint density at radius 2 is 0.946 bits per heavy atom. The van der Waals surface area contributed by atoms with Crippen LogP contribution >= 0.6 is 0 Å². The molecule has 2 aliphatic rings. The van der Waals surface area contributed by atoms with E-state index in [2.05, 4.69) is 0 Å². The second-order valence-electron chi connectivity index (χ2n) is 9.70. The van der Waals surface area contributed by atoms with Gasteiger partial charge >= 0.3 is 17.9 Å². The summed E-state index contributed by atoms with van der Waals surface area (Å²) >= 11 is 0. The van der Waals surface area contributed by atoms with Crippen molar-refractivity contribution in [2.45, 2.75) is 18.4 Å². The number of piperidine rings is 1. The van der Waals surface area contributed by atoms with Crippen molar-refractivity contribution in [3.63, 3.8) is 0 Å². The minimum absolute atomic E-state index is 0.0236.